The summed E-state index contributed by atoms with van der Waals surface area (Å²) < 4.78 is 13.9. The predicted octanol–water partition coefficient (Wildman–Crippen LogP) is 7.63. The Labute approximate surface area is 351 Å². The Hall–Kier alpha value is -5.91. The number of aromatic hydroxyl groups is 1. The Morgan fingerprint density at radius 3 is 2.33 bits per heavy atom. The molecular weight excluding hydrogens is 755 g/mol. The number of fused-ring (bicyclic) bond motifs is 3. The number of aryl methyl sites for hydroxylation is 1. The summed E-state index contributed by atoms with van der Waals surface area (Å²) in [5.74, 6) is 0.466. The van der Waals surface area contributed by atoms with Gasteiger partial charge in [0.05, 0.1) is 24.8 Å². The number of aromatic nitrogens is 1. The van der Waals surface area contributed by atoms with Crippen molar-refractivity contribution in [1.29, 1.82) is 0 Å². The molecule has 9 rings (SSSR count). The van der Waals surface area contributed by atoms with Crippen LogP contribution in [0.3, 0.4) is 0 Å². The zero-order chi connectivity index (χ0) is 41.5. The van der Waals surface area contributed by atoms with E-state index in [1.54, 1.807) is 47.2 Å². The van der Waals surface area contributed by atoms with Crippen LogP contribution in [0.2, 0.25) is 0 Å². The highest BCUT2D eigenvalue weighted by Crippen LogP contribution is 2.39. The number of carbonyl (C=O) groups excluding carboxylic acids is 3. The molecule has 1 fully saturated rings. The summed E-state index contributed by atoms with van der Waals surface area (Å²) in [6.45, 7) is 9.11. The van der Waals surface area contributed by atoms with Crippen LogP contribution in [0.1, 0.15) is 74.0 Å². The van der Waals surface area contributed by atoms with E-state index in [0.29, 0.717) is 61.8 Å². The minimum absolute atomic E-state index is 0.0625. The van der Waals surface area contributed by atoms with Gasteiger partial charge in [0.1, 0.15) is 11.5 Å². The normalized spacial score (nSPS) is 18.2. The number of nitrogens with zero attached hydrogens (tertiary/aromatic N) is 5. The van der Waals surface area contributed by atoms with Crippen molar-refractivity contribution in [2.75, 3.05) is 44.8 Å². The molecule has 11 heteroatoms. The van der Waals surface area contributed by atoms with Crippen molar-refractivity contribution < 1.29 is 29.0 Å². The molecule has 5 heterocycles. The van der Waals surface area contributed by atoms with E-state index in [1.807, 2.05) is 43.3 Å². The van der Waals surface area contributed by atoms with E-state index < -0.39 is 6.09 Å². The summed E-state index contributed by atoms with van der Waals surface area (Å²) in [4.78, 5) is 51.6. The number of para-hydroxylation sites is 1. The van der Waals surface area contributed by atoms with Gasteiger partial charge in [0, 0.05) is 80.6 Å². The van der Waals surface area contributed by atoms with Crippen molar-refractivity contribution in [1.82, 2.24) is 19.3 Å². The molecule has 5 aromatic rings. The van der Waals surface area contributed by atoms with E-state index in [0.717, 1.165) is 84.5 Å². The Balaban J connectivity index is 1.14. The second-order valence-electron chi connectivity index (χ2n) is 16.7. The van der Waals surface area contributed by atoms with Gasteiger partial charge in [-0.1, -0.05) is 42.5 Å². The lowest BCUT2D eigenvalue weighted by Gasteiger charge is -2.45. The number of carbonyl (C=O) groups is 3. The van der Waals surface area contributed by atoms with Crippen molar-refractivity contribution in [2.24, 2.45) is 0 Å². The fraction of sp³-hybridized carbons (Fsp3) is 0.367. The first-order chi connectivity index (χ1) is 29.1. The van der Waals surface area contributed by atoms with Gasteiger partial charge in [-0.15, -0.1) is 0 Å². The number of hydrogen-bond acceptors (Lipinski definition) is 7. The van der Waals surface area contributed by atoms with Crippen molar-refractivity contribution >= 4 is 23.6 Å². The van der Waals surface area contributed by atoms with Crippen LogP contribution in [0, 0.1) is 6.92 Å². The lowest BCUT2D eigenvalue weighted by atomic mass is 9.87. The number of hydrogen-bond donors (Lipinski definition) is 1. The van der Waals surface area contributed by atoms with Gasteiger partial charge in [-0.3, -0.25) is 14.5 Å². The highest BCUT2D eigenvalue weighted by Gasteiger charge is 2.39. The first-order valence-electron chi connectivity index (χ1n) is 21.3. The molecule has 60 heavy (non-hydrogen) atoms. The minimum Gasteiger partial charge on any atom is -0.508 e. The van der Waals surface area contributed by atoms with E-state index in [2.05, 4.69) is 45.6 Å². The van der Waals surface area contributed by atoms with Crippen molar-refractivity contribution in [2.45, 2.75) is 77.7 Å². The molecule has 0 saturated carbocycles. The van der Waals surface area contributed by atoms with Crippen molar-refractivity contribution in [3.63, 3.8) is 0 Å². The number of rotatable bonds is 7. The Morgan fingerprint density at radius 2 is 1.55 bits per heavy atom. The van der Waals surface area contributed by atoms with Crippen LogP contribution in [-0.4, -0.2) is 94.3 Å². The zero-order valence-corrected chi connectivity index (χ0v) is 34.7. The van der Waals surface area contributed by atoms with Crippen LogP contribution in [0.5, 0.6) is 11.5 Å². The van der Waals surface area contributed by atoms with Gasteiger partial charge in [-0.05, 0) is 122 Å². The fourth-order valence-electron chi connectivity index (χ4n) is 9.63. The second-order valence-corrected chi connectivity index (χ2v) is 16.7. The summed E-state index contributed by atoms with van der Waals surface area (Å²) >= 11 is 0. The molecule has 310 valence electrons. The molecule has 1 N–H and O–H groups in total. The van der Waals surface area contributed by atoms with E-state index in [1.165, 1.54) is 5.56 Å². The predicted molar refractivity (Wildman–Crippen MR) is 231 cm³/mol. The maximum absolute atomic E-state index is 15.7. The number of phenols is 1. The van der Waals surface area contributed by atoms with Gasteiger partial charge < -0.3 is 33.8 Å². The van der Waals surface area contributed by atoms with Crippen LogP contribution >= 0.6 is 0 Å². The van der Waals surface area contributed by atoms with Gasteiger partial charge >= 0.3 is 6.09 Å². The molecule has 11 nitrogen and oxygen atoms in total. The van der Waals surface area contributed by atoms with Gasteiger partial charge in [0.2, 0.25) is 0 Å². The van der Waals surface area contributed by atoms with Crippen LogP contribution in [0.15, 0.2) is 91.0 Å². The molecule has 0 spiro atoms. The third-order valence-corrected chi connectivity index (χ3v) is 13.2. The molecule has 1 saturated heterocycles. The van der Waals surface area contributed by atoms with Gasteiger partial charge in [0.25, 0.3) is 11.8 Å². The first-order valence-corrected chi connectivity index (χ1v) is 21.3. The highest BCUT2D eigenvalue weighted by atomic mass is 16.6. The molecule has 0 aliphatic carbocycles. The molecule has 0 radical (unpaired) electrons. The number of phenolic OH excluding ortho intramolecular Hbond substituents is 1. The van der Waals surface area contributed by atoms with E-state index >= 15 is 4.79 Å². The largest absolute Gasteiger partial charge is 0.508 e. The summed E-state index contributed by atoms with van der Waals surface area (Å²) in [6.07, 6.45) is 3.59. The second kappa shape index (κ2) is 16.6. The lowest BCUT2D eigenvalue weighted by Crippen LogP contribution is -2.57. The van der Waals surface area contributed by atoms with Gasteiger partial charge in [0.15, 0.2) is 0 Å². The number of anilines is 1. The Bertz CT molecular complexity index is 2440. The zero-order valence-electron chi connectivity index (χ0n) is 34.7. The Morgan fingerprint density at radius 1 is 0.800 bits per heavy atom. The summed E-state index contributed by atoms with van der Waals surface area (Å²) in [5.41, 5.74) is 9.78. The Kier molecular flexibility index (Phi) is 11.0. The van der Waals surface area contributed by atoms with Gasteiger partial charge in [-0.25, -0.2) is 4.79 Å². The number of amides is 3. The quantitative estimate of drug-likeness (QED) is 0.180. The molecule has 3 amide bonds. The average molecular weight is 808 g/mol. The van der Waals surface area contributed by atoms with Crippen molar-refractivity contribution in [3.8, 4) is 22.8 Å². The van der Waals surface area contributed by atoms with E-state index in [9.17, 15) is 14.7 Å². The number of benzene rings is 4. The molecule has 0 bridgehead atoms. The first kappa shape index (κ1) is 39.5. The summed E-state index contributed by atoms with van der Waals surface area (Å²) in [7, 11) is 1.76. The van der Waals surface area contributed by atoms with Crippen LogP contribution in [-0.2, 0) is 43.6 Å². The molecule has 4 aliphatic rings. The van der Waals surface area contributed by atoms with Crippen LogP contribution < -0.4 is 9.64 Å². The minimum atomic E-state index is -0.416. The van der Waals surface area contributed by atoms with E-state index in [4.69, 9.17) is 9.47 Å². The summed E-state index contributed by atoms with van der Waals surface area (Å²) in [6, 6.07) is 28.7. The smallest absolute Gasteiger partial charge is 0.415 e. The third kappa shape index (κ3) is 7.56. The van der Waals surface area contributed by atoms with E-state index in [-0.39, 0.29) is 29.6 Å². The maximum Gasteiger partial charge on any atom is 0.415 e. The van der Waals surface area contributed by atoms with Crippen molar-refractivity contribution in [3.05, 3.63) is 136 Å². The van der Waals surface area contributed by atoms with Gasteiger partial charge in [-0.2, -0.15) is 0 Å². The molecule has 4 aromatic carbocycles. The third-order valence-electron chi connectivity index (χ3n) is 13.2. The van der Waals surface area contributed by atoms with Crippen LogP contribution in [0.4, 0.5) is 10.5 Å². The number of morpholine rings is 1. The SMILES string of the molecule is Cc1ccccc1OC(=O)N1CCc2cc(-c3cc(C(=O)N(C)c4ccc(O)cc4)c4n3CCCC4)c(C(=O)N3Cc4ccccc4C[C@H]3C(C)N3CCOCC3)cc2C1. The molecule has 1 unspecified atom stereocenters. The lowest BCUT2D eigenvalue weighted by molar-refractivity contribution is -0.00552. The van der Waals surface area contributed by atoms with Crippen LogP contribution in [0.25, 0.3) is 11.3 Å². The average Bonchev–Trinajstić information content (AvgIpc) is 3.67. The standard InChI is InChI=1S/C49H53N5O6/c1-32-10-4-7-14-46(32)60-49(58)52-21-19-35-26-40(45-29-42(43-13-8-9-20-53(43)45)47(56)50(3)38-15-17-39(55)18-16-38)41(27-37(35)30-52)48(57)54-31-36-12-6-5-11-34(36)28-44(54)33(2)51-22-24-59-25-23-51/h4-7,10-12,14-18,26-27,29,33,44,55H,8-9,13,19-25,28,30-31H2,1-3H3/t33?,44-/m0/s1. The highest BCUT2D eigenvalue weighted by molar-refractivity contribution is 6.08. The fourth-order valence-corrected chi connectivity index (χ4v) is 9.63. The molecule has 2 atom stereocenters. The summed E-state index contributed by atoms with van der Waals surface area (Å²) in [5, 5.41) is 9.93. The maximum atomic E-state index is 15.7. The molecule has 4 aliphatic heterocycles. The monoisotopic (exact) mass is 807 g/mol. The molecule has 1 aromatic heterocycles. The number of ether oxygens (including phenoxy) is 2. The molecular formula is C49H53N5O6. The topological polar surface area (TPSA) is 108 Å².